The van der Waals surface area contributed by atoms with Crippen molar-refractivity contribution in [3.8, 4) is 5.75 Å². The van der Waals surface area contributed by atoms with Gasteiger partial charge in [0.2, 0.25) is 4.80 Å². The molecule has 0 unspecified atom stereocenters. The van der Waals surface area contributed by atoms with Crippen LogP contribution in [0.1, 0.15) is 32.0 Å². The first-order valence-corrected chi connectivity index (χ1v) is 9.28. The van der Waals surface area contributed by atoms with Crippen molar-refractivity contribution in [1.82, 2.24) is 4.68 Å². The molecule has 0 saturated carbocycles. The van der Waals surface area contributed by atoms with E-state index in [9.17, 15) is 5.11 Å². The molecule has 1 aromatic carbocycles. The summed E-state index contributed by atoms with van der Waals surface area (Å²) in [5.74, 6) is 0.224. The fourth-order valence-corrected chi connectivity index (χ4v) is 3.19. The maximum Gasteiger partial charge on any atom is 0.206 e. The summed E-state index contributed by atoms with van der Waals surface area (Å²) >= 11 is 1.54. The number of aromatic nitrogens is 1. The van der Waals surface area contributed by atoms with E-state index < -0.39 is 0 Å². The van der Waals surface area contributed by atoms with Crippen molar-refractivity contribution >= 4 is 23.2 Å². The molecule has 0 atom stereocenters. The maximum atomic E-state index is 10.3. The van der Waals surface area contributed by atoms with Crippen LogP contribution in [0.3, 0.4) is 0 Å². The number of rotatable bonds is 7. The van der Waals surface area contributed by atoms with Gasteiger partial charge in [-0.05, 0) is 39.8 Å². The lowest BCUT2D eigenvalue weighted by atomic mass is 10.2. The third-order valence-electron chi connectivity index (χ3n) is 3.79. The maximum absolute atomic E-state index is 10.3. The molecule has 0 radical (unpaired) electrons. The number of hydrogen-bond acceptors (Lipinski definition) is 5. The van der Waals surface area contributed by atoms with Crippen molar-refractivity contribution in [2.24, 2.45) is 10.1 Å². The Labute approximate surface area is 153 Å². The van der Waals surface area contributed by atoms with Crippen LogP contribution in [-0.4, -0.2) is 35.6 Å². The highest BCUT2D eigenvalue weighted by Crippen LogP contribution is 2.23. The quantitative estimate of drug-likeness (QED) is 0.605. The van der Waals surface area contributed by atoms with Crippen molar-refractivity contribution in [2.45, 2.75) is 27.7 Å². The molecule has 0 amide bonds. The van der Waals surface area contributed by atoms with Crippen LogP contribution in [0.2, 0.25) is 0 Å². The minimum absolute atomic E-state index is 0.224. The van der Waals surface area contributed by atoms with Gasteiger partial charge in [-0.3, -0.25) is 4.99 Å². The standard InChI is InChI=1S/C19H26N4OS/c1-6-22(7-2)17-9-8-16(18(24)10-17)12-21-23-15(5)13-25-19(23)20-11-14(3)4/h8-10,12-13,24H,3,6-7,11H2,1-2,4-5H3. The summed E-state index contributed by atoms with van der Waals surface area (Å²) in [5, 5.41) is 16.8. The molecule has 0 fully saturated rings. The van der Waals surface area contributed by atoms with Crippen LogP contribution in [0.15, 0.2) is 45.8 Å². The number of thiazole rings is 1. The number of phenols is 1. The zero-order chi connectivity index (χ0) is 18.4. The molecule has 0 spiro atoms. The number of aromatic hydroxyl groups is 1. The smallest absolute Gasteiger partial charge is 0.206 e. The van der Waals surface area contributed by atoms with Gasteiger partial charge in [-0.25, -0.2) is 4.68 Å². The molecule has 6 heteroatoms. The van der Waals surface area contributed by atoms with Gasteiger partial charge in [-0.15, -0.1) is 11.3 Å². The molecule has 5 nitrogen and oxygen atoms in total. The Kier molecular flexibility index (Phi) is 6.58. The van der Waals surface area contributed by atoms with E-state index in [1.54, 1.807) is 28.3 Å². The van der Waals surface area contributed by atoms with Crippen LogP contribution < -0.4 is 9.70 Å². The molecule has 25 heavy (non-hydrogen) atoms. The van der Waals surface area contributed by atoms with E-state index in [0.717, 1.165) is 34.8 Å². The SMILES string of the molecule is C=C(C)CN=c1scc(C)n1N=Cc1ccc(N(CC)CC)cc1O. The van der Waals surface area contributed by atoms with Gasteiger partial charge in [0.05, 0.1) is 18.5 Å². The number of aryl methyl sites for hydroxylation is 1. The van der Waals surface area contributed by atoms with Crippen LogP contribution in [-0.2, 0) is 0 Å². The molecule has 1 heterocycles. The zero-order valence-electron chi connectivity index (χ0n) is 15.4. The second kappa shape index (κ2) is 8.67. The predicted octanol–water partition coefficient (Wildman–Crippen LogP) is 3.77. The van der Waals surface area contributed by atoms with Crippen LogP contribution in [0.25, 0.3) is 0 Å². The molecule has 0 saturated heterocycles. The molecule has 1 aromatic heterocycles. The summed E-state index contributed by atoms with van der Waals surface area (Å²) in [7, 11) is 0. The molecule has 134 valence electrons. The normalized spacial score (nSPS) is 12.1. The number of benzene rings is 1. The largest absolute Gasteiger partial charge is 0.507 e. The highest BCUT2D eigenvalue weighted by atomic mass is 32.1. The summed E-state index contributed by atoms with van der Waals surface area (Å²) in [6, 6.07) is 5.68. The summed E-state index contributed by atoms with van der Waals surface area (Å²) in [5.41, 5.74) is 3.70. The highest BCUT2D eigenvalue weighted by Gasteiger charge is 2.06. The number of nitrogens with zero attached hydrogens (tertiary/aromatic N) is 4. The minimum atomic E-state index is 0.224. The monoisotopic (exact) mass is 358 g/mol. The van der Waals surface area contributed by atoms with E-state index in [0.29, 0.717) is 12.1 Å². The average Bonchev–Trinajstić information content (AvgIpc) is 2.93. The van der Waals surface area contributed by atoms with Gasteiger partial charge in [0, 0.05) is 35.8 Å². The van der Waals surface area contributed by atoms with Crippen molar-refractivity contribution in [1.29, 1.82) is 0 Å². The van der Waals surface area contributed by atoms with E-state index in [1.807, 2.05) is 31.4 Å². The molecule has 0 bridgehead atoms. The summed E-state index contributed by atoms with van der Waals surface area (Å²) < 4.78 is 1.78. The predicted molar refractivity (Wildman–Crippen MR) is 107 cm³/mol. The summed E-state index contributed by atoms with van der Waals surface area (Å²) in [6.07, 6.45) is 1.67. The van der Waals surface area contributed by atoms with Crippen molar-refractivity contribution in [2.75, 3.05) is 24.5 Å². The van der Waals surface area contributed by atoms with Crippen LogP contribution in [0.5, 0.6) is 5.75 Å². The van der Waals surface area contributed by atoms with Crippen LogP contribution in [0.4, 0.5) is 5.69 Å². The van der Waals surface area contributed by atoms with Gasteiger partial charge in [0.25, 0.3) is 0 Å². The fraction of sp³-hybridized carbons (Fsp3) is 0.368. The molecule has 0 aliphatic rings. The molecule has 2 rings (SSSR count). The van der Waals surface area contributed by atoms with E-state index in [2.05, 4.69) is 35.4 Å². The lowest BCUT2D eigenvalue weighted by Crippen LogP contribution is -2.21. The number of hydrogen-bond donors (Lipinski definition) is 1. The Hall–Kier alpha value is -2.34. The van der Waals surface area contributed by atoms with Crippen LogP contribution in [0, 0.1) is 6.92 Å². The highest BCUT2D eigenvalue weighted by molar-refractivity contribution is 7.07. The van der Waals surface area contributed by atoms with Gasteiger partial charge in [0.1, 0.15) is 5.75 Å². The topological polar surface area (TPSA) is 53.1 Å². The first-order valence-electron chi connectivity index (χ1n) is 8.40. The van der Waals surface area contributed by atoms with E-state index >= 15 is 0 Å². The first kappa shape index (κ1) is 19.0. The van der Waals surface area contributed by atoms with E-state index in [4.69, 9.17) is 0 Å². The van der Waals surface area contributed by atoms with Gasteiger partial charge in [-0.1, -0.05) is 12.2 Å². The van der Waals surface area contributed by atoms with Crippen molar-refractivity contribution < 1.29 is 5.11 Å². The first-order chi connectivity index (χ1) is 12.0. The average molecular weight is 359 g/mol. The molecular weight excluding hydrogens is 332 g/mol. The lowest BCUT2D eigenvalue weighted by molar-refractivity contribution is 0.474. The van der Waals surface area contributed by atoms with Crippen molar-refractivity contribution in [3.05, 3.63) is 51.8 Å². The van der Waals surface area contributed by atoms with Gasteiger partial charge < -0.3 is 10.0 Å². The Bertz CT molecular complexity index is 828. The van der Waals surface area contributed by atoms with Crippen LogP contribution >= 0.6 is 11.3 Å². The van der Waals surface area contributed by atoms with Gasteiger partial charge >= 0.3 is 0 Å². The van der Waals surface area contributed by atoms with E-state index in [1.165, 1.54) is 0 Å². The Balaban J connectivity index is 2.30. The molecule has 2 aromatic rings. The van der Waals surface area contributed by atoms with E-state index in [-0.39, 0.29) is 5.75 Å². The third kappa shape index (κ3) is 4.82. The Morgan fingerprint density at radius 2 is 2.08 bits per heavy atom. The Morgan fingerprint density at radius 3 is 2.68 bits per heavy atom. The number of phenolic OH excluding ortho intramolecular Hbond substituents is 1. The summed E-state index contributed by atoms with van der Waals surface area (Å²) in [4.78, 5) is 7.52. The Morgan fingerprint density at radius 1 is 1.36 bits per heavy atom. The molecular formula is C19H26N4OS. The minimum Gasteiger partial charge on any atom is -0.507 e. The lowest BCUT2D eigenvalue weighted by Gasteiger charge is -2.21. The molecule has 1 N–H and O–H groups in total. The zero-order valence-corrected chi connectivity index (χ0v) is 16.2. The van der Waals surface area contributed by atoms with Crippen molar-refractivity contribution in [3.63, 3.8) is 0 Å². The second-order valence-electron chi connectivity index (χ2n) is 5.90. The molecule has 0 aliphatic heterocycles. The fourth-order valence-electron chi connectivity index (χ4n) is 2.38. The van der Waals surface area contributed by atoms with Gasteiger partial charge in [-0.2, -0.15) is 5.10 Å². The number of anilines is 1. The molecule has 0 aliphatic carbocycles. The second-order valence-corrected chi connectivity index (χ2v) is 6.74. The summed E-state index contributed by atoms with van der Waals surface area (Å²) in [6.45, 7) is 14.4. The van der Waals surface area contributed by atoms with Gasteiger partial charge in [0.15, 0.2) is 0 Å². The third-order valence-corrected chi connectivity index (χ3v) is 4.76.